The molecule has 0 saturated heterocycles. The van der Waals surface area contributed by atoms with Gasteiger partial charge in [0.2, 0.25) is 0 Å². The molecule has 218 valence electrons. The Morgan fingerprint density at radius 2 is 0.723 bits per heavy atom. The summed E-state index contributed by atoms with van der Waals surface area (Å²) in [6, 6.07) is 53.6. The molecule has 4 heterocycles. The van der Waals surface area contributed by atoms with Gasteiger partial charge in [-0.05, 0) is 66.0 Å². The number of aromatic nitrogens is 3. The molecule has 0 spiro atoms. The molecule has 0 N–H and O–H groups in total. The Hall–Kier alpha value is -6.39. The third-order valence-corrected chi connectivity index (χ3v) is 10.2. The number of hydrogen-bond acceptors (Lipinski definition) is 1. The molecule has 11 aromatic rings. The Kier molecular flexibility index (Phi) is 4.69. The molecule has 0 aliphatic carbocycles. The highest BCUT2D eigenvalue weighted by Gasteiger charge is 2.21. The van der Waals surface area contributed by atoms with Crippen LogP contribution in [0.4, 0.5) is 0 Å². The summed E-state index contributed by atoms with van der Waals surface area (Å²) in [6.07, 6.45) is 0. The Morgan fingerprint density at radius 1 is 0.319 bits per heavy atom. The van der Waals surface area contributed by atoms with Crippen LogP contribution in [-0.4, -0.2) is 13.5 Å². The van der Waals surface area contributed by atoms with Crippen LogP contribution in [0, 0.1) is 0 Å². The van der Waals surface area contributed by atoms with Crippen LogP contribution in [0.25, 0.3) is 93.0 Å². The molecule has 4 nitrogen and oxygen atoms in total. The first-order valence-electron chi connectivity index (χ1n) is 16.0. The minimum Gasteiger partial charge on any atom is -0.309 e. The summed E-state index contributed by atoms with van der Waals surface area (Å²) >= 11 is 0. The van der Waals surface area contributed by atoms with Crippen LogP contribution in [0.3, 0.4) is 0 Å². The molecule has 7 aromatic carbocycles. The number of nitrogens with zero attached hydrogens (tertiary/aromatic N) is 3. The Morgan fingerprint density at radius 3 is 1.26 bits per heavy atom. The molecule has 0 fully saturated rings. The van der Waals surface area contributed by atoms with Crippen molar-refractivity contribution in [2.75, 3.05) is 0 Å². The molecule has 0 bridgehead atoms. The summed E-state index contributed by atoms with van der Waals surface area (Å²) < 4.78 is 6.66. The van der Waals surface area contributed by atoms with E-state index >= 15 is 0 Å². The number of fused-ring (bicyclic) bond motifs is 11. The van der Waals surface area contributed by atoms with Gasteiger partial charge in [0.25, 0.3) is 5.56 Å². The van der Waals surface area contributed by atoms with E-state index in [0.29, 0.717) is 0 Å². The predicted molar refractivity (Wildman–Crippen MR) is 196 cm³/mol. The van der Waals surface area contributed by atoms with Gasteiger partial charge in [0.1, 0.15) is 0 Å². The van der Waals surface area contributed by atoms with Gasteiger partial charge in [-0.1, -0.05) is 91.0 Å². The van der Waals surface area contributed by atoms with Crippen LogP contribution in [-0.2, 0) is 0 Å². The second-order valence-electron chi connectivity index (χ2n) is 12.5. The molecule has 4 aromatic heterocycles. The molecule has 0 amide bonds. The largest absolute Gasteiger partial charge is 0.309 e. The second-order valence-corrected chi connectivity index (χ2v) is 12.5. The standard InChI is InChI=1S/C43H25N3O/c47-43-33-16-2-1-11-28(33)35-24-27(45-39-19-9-5-14-31(39)32-15-6-10-20-40(32)45)25-36-34-23-26(21-22-41(34)46(43)42(35)36)44-37-17-7-3-12-29(37)30-13-4-8-18-38(30)44/h1-25H. The normalized spacial score (nSPS) is 12.3. The highest BCUT2D eigenvalue weighted by atomic mass is 16.1. The van der Waals surface area contributed by atoms with Crippen molar-refractivity contribution in [2.24, 2.45) is 0 Å². The molecule has 47 heavy (non-hydrogen) atoms. The molecule has 0 unspecified atom stereocenters. The van der Waals surface area contributed by atoms with E-state index in [1.54, 1.807) is 0 Å². The quantitative estimate of drug-likeness (QED) is 0.182. The molecule has 0 saturated carbocycles. The summed E-state index contributed by atoms with van der Waals surface area (Å²) in [4.78, 5) is 14.2. The van der Waals surface area contributed by atoms with Gasteiger partial charge in [-0.2, -0.15) is 0 Å². The maximum Gasteiger partial charge on any atom is 0.263 e. The molecule has 0 radical (unpaired) electrons. The fourth-order valence-corrected chi connectivity index (χ4v) is 8.23. The van der Waals surface area contributed by atoms with Gasteiger partial charge in [-0.25, -0.2) is 0 Å². The lowest BCUT2D eigenvalue weighted by molar-refractivity contribution is 1.17. The predicted octanol–water partition coefficient (Wildman–Crippen LogP) is 10.4. The molecule has 0 aliphatic rings. The van der Waals surface area contributed by atoms with Gasteiger partial charge in [0.05, 0.1) is 33.1 Å². The first-order valence-corrected chi connectivity index (χ1v) is 16.0. The SMILES string of the molecule is O=c1c2ccccc2c2cc(-n3c4ccccc4c4ccccc43)cc3c4cc(-n5c6ccccc6c6ccccc65)ccc4n1c23. The van der Waals surface area contributed by atoms with Gasteiger partial charge in [-0.3, -0.25) is 9.20 Å². The number of hydrogen-bond donors (Lipinski definition) is 0. The van der Waals surface area contributed by atoms with Crippen LogP contribution in [0.1, 0.15) is 0 Å². The van der Waals surface area contributed by atoms with Gasteiger partial charge >= 0.3 is 0 Å². The smallest absolute Gasteiger partial charge is 0.263 e. The van der Waals surface area contributed by atoms with E-state index in [9.17, 15) is 4.79 Å². The van der Waals surface area contributed by atoms with Crippen LogP contribution in [0.2, 0.25) is 0 Å². The van der Waals surface area contributed by atoms with Gasteiger partial charge in [0, 0.05) is 54.5 Å². The molecular formula is C43H25N3O. The van der Waals surface area contributed by atoms with Gasteiger partial charge in [-0.15, -0.1) is 0 Å². The van der Waals surface area contributed by atoms with Crippen molar-refractivity contribution in [1.82, 2.24) is 13.5 Å². The van der Waals surface area contributed by atoms with Crippen LogP contribution in [0.15, 0.2) is 156 Å². The van der Waals surface area contributed by atoms with Crippen molar-refractivity contribution < 1.29 is 0 Å². The number of benzene rings is 7. The lowest BCUT2D eigenvalue weighted by Crippen LogP contribution is -2.13. The Balaban J connectivity index is 1.33. The summed E-state index contributed by atoms with van der Waals surface area (Å²) in [5.41, 5.74) is 8.70. The average molecular weight is 600 g/mol. The van der Waals surface area contributed by atoms with Crippen molar-refractivity contribution in [2.45, 2.75) is 0 Å². The first kappa shape index (κ1) is 24.9. The fraction of sp³-hybridized carbons (Fsp3) is 0. The lowest BCUT2D eigenvalue weighted by Gasteiger charge is -2.12. The summed E-state index contributed by atoms with van der Waals surface area (Å²) in [5, 5.41) is 9.81. The minimum absolute atomic E-state index is 0.0160. The zero-order chi connectivity index (χ0) is 30.8. The minimum atomic E-state index is 0.0160. The van der Waals surface area contributed by atoms with E-state index < -0.39 is 0 Å². The maximum atomic E-state index is 14.2. The van der Waals surface area contributed by atoms with Crippen molar-refractivity contribution in [3.8, 4) is 11.4 Å². The molecule has 0 aliphatic heterocycles. The van der Waals surface area contributed by atoms with Crippen molar-refractivity contribution in [3.05, 3.63) is 162 Å². The zero-order valence-electron chi connectivity index (χ0n) is 25.2. The Labute approximate surface area is 267 Å². The van der Waals surface area contributed by atoms with E-state index in [1.807, 2.05) is 22.6 Å². The highest BCUT2D eigenvalue weighted by Crippen LogP contribution is 2.40. The topological polar surface area (TPSA) is 31.3 Å². The van der Waals surface area contributed by atoms with E-state index in [4.69, 9.17) is 0 Å². The van der Waals surface area contributed by atoms with E-state index in [2.05, 4.69) is 143 Å². The third-order valence-electron chi connectivity index (χ3n) is 10.2. The number of pyridine rings is 1. The van der Waals surface area contributed by atoms with Crippen LogP contribution >= 0.6 is 0 Å². The molecule has 4 heteroatoms. The van der Waals surface area contributed by atoms with Crippen molar-refractivity contribution >= 4 is 81.6 Å². The van der Waals surface area contributed by atoms with Crippen LogP contribution < -0.4 is 5.56 Å². The van der Waals surface area contributed by atoms with Gasteiger partial charge < -0.3 is 9.13 Å². The number of rotatable bonds is 2. The lowest BCUT2D eigenvalue weighted by atomic mass is 10.0. The second kappa shape index (κ2) is 8.87. The zero-order valence-corrected chi connectivity index (χ0v) is 25.2. The molecular weight excluding hydrogens is 574 g/mol. The van der Waals surface area contributed by atoms with Crippen molar-refractivity contribution in [3.63, 3.8) is 0 Å². The average Bonchev–Trinajstić information content (AvgIpc) is 3.76. The first-order chi connectivity index (χ1) is 23.3. The fourth-order valence-electron chi connectivity index (χ4n) is 8.23. The number of para-hydroxylation sites is 4. The summed E-state index contributed by atoms with van der Waals surface area (Å²) in [5.74, 6) is 0. The van der Waals surface area contributed by atoms with E-state index in [0.717, 1.165) is 71.4 Å². The van der Waals surface area contributed by atoms with Crippen molar-refractivity contribution in [1.29, 1.82) is 0 Å². The summed E-state index contributed by atoms with van der Waals surface area (Å²) in [6.45, 7) is 0. The maximum absolute atomic E-state index is 14.2. The van der Waals surface area contributed by atoms with E-state index in [1.165, 1.54) is 21.5 Å². The Bertz CT molecular complexity index is 3050. The molecule has 11 rings (SSSR count). The van der Waals surface area contributed by atoms with E-state index in [-0.39, 0.29) is 5.56 Å². The van der Waals surface area contributed by atoms with Crippen LogP contribution in [0.5, 0.6) is 0 Å². The monoisotopic (exact) mass is 599 g/mol. The third kappa shape index (κ3) is 3.14. The summed E-state index contributed by atoms with van der Waals surface area (Å²) in [7, 11) is 0. The molecule has 0 atom stereocenters. The highest BCUT2D eigenvalue weighted by molar-refractivity contribution is 6.22. The van der Waals surface area contributed by atoms with Gasteiger partial charge in [0.15, 0.2) is 0 Å².